The number of aliphatic imine (C=N–C) groups is 1. The van der Waals surface area contributed by atoms with Crippen LogP contribution in [0.1, 0.15) is 55.2 Å². The SMILES string of the molecule is CCC1=NC(COCCN=[N+]=[N-])=C(N(C=O)CCCN2CCC(c3ccccc3)(c3ccccc3)CC2)C(c2ccc([N+](=O)[O-])cc2)C1NC=O. The zero-order valence-electron chi connectivity index (χ0n) is 28.8. The van der Waals surface area contributed by atoms with E-state index < -0.39 is 16.9 Å². The molecule has 0 radical (unpaired) electrons. The molecule has 2 unspecified atom stereocenters. The smallest absolute Gasteiger partial charge is 0.269 e. The molecule has 266 valence electrons. The van der Waals surface area contributed by atoms with Gasteiger partial charge in [-0.25, -0.2) is 0 Å². The lowest BCUT2D eigenvalue weighted by Gasteiger charge is -2.43. The number of non-ortho nitro benzene ring substituents is 1. The third kappa shape index (κ3) is 8.69. The molecule has 2 heterocycles. The Morgan fingerprint density at radius 2 is 1.71 bits per heavy atom. The standard InChI is InChI=1S/C38H44N8O5/c1-2-33-36(40-27-47)35(29-14-16-32(17-15-29)46(49)50)37(34(42-33)26-51-25-20-41-43-39)45(28-48)22-9-21-44-23-18-38(19-24-44,30-10-5-3-6-11-30)31-12-7-4-8-13-31/h3-8,10-17,27-28,35-36H,2,9,18-26H2,1H3,(H,40,47). The Kier molecular flexibility index (Phi) is 13.1. The van der Waals surface area contributed by atoms with E-state index in [0.717, 1.165) is 38.9 Å². The molecule has 0 aliphatic carbocycles. The van der Waals surface area contributed by atoms with Crippen molar-refractivity contribution in [1.29, 1.82) is 0 Å². The van der Waals surface area contributed by atoms with Crippen LogP contribution < -0.4 is 5.32 Å². The minimum atomic E-state index is -0.593. The lowest BCUT2D eigenvalue weighted by molar-refractivity contribution is -0.384. The fourth-order valence-electron chi connectivity index (χ4n) is 7.43. The molecule has 0 spiro atoms. The van der Waals surface area contributed by atoms with Crippen LogP contribution in [0, 0.1) is 10.1 Å². The van der Waals surface area contributed by atoms with Gasteiger partial charge in [-0.1, -0.05) is 84.8 Å². The van der Waals surface area contributed by atoms with Crippen molar-refractivity contribution in [3.05, 3.63) is 134 Å². The van der Waals surface area contributed by atoms with Gasteiger partial charge in [0.1, 0.15) is 0 Å². The van der Waals surface area contributed by atoms with Crippen molar-refractivity contribution in [2.24, 2.45) is 10.1 Å². The molecule has 1 saturated heterocycles. The van der Waals surface area contributed by atoms with Crippen LogP contribution >= 0.6 is 0 Å². The van der Waals surface area contributed by atoms with Crippen molar-refractivity contribution < 1.29 is 19.2 Å². The van der Waals surface area contributed by atoms with E-state index in [9.17, 15) is 19.7 Å². The number of amides is 2. The largest absolute Gasteiger partial charge is 0.375 e. The summed E-state index contributed by atoms with van der Waals surface area (Å²) in [5.74, 6) is -0.572. The molecule has 0 aromatic heterocycles. The molecule has 0 saturated carbocycles. The number of rotatable bonds is 18. The van der Waals surface area contributed by atoms with Gasteiger partial charge in [0.05, 0.1) is 41.5 Å². The first-order valence-electron chi connectivity index (χ1n) is 17.3. The molecule has 0 bridgehead atoms. The van der Waals surface area contributed by atoms with E-state index in [1.807, 2.05) is 6.92 Å². The van der Waals surface area contributed by atoms with Gasteiger partial charge >= 0.3 is 0 Å². The van der Waals surface area contributed by atoms with Crippen LogP contribution in [0.3, 0.4) is 0 Å². The maximum absolute atomic E-state index is 12.9. The fraction of sp³-hybridized carbons (Fsp3) is 0.395. The van der Waals surface area contributed by atoms with E-state index in [1.54, 1.807) is 17.0 Å². The van der Waals surface area contributed by atoms with Gasteiger partial charge in [0.25, 0.3) is 5.69 Å². The lowest BCUT2D eigenvalue weighted by Crippen LogP contribution is -2.47. The summed E-state index contributed by atoms with van der Waals surface area (Å²) in [6, 6.07) is 27.0. The average Bonchev–Trinajstić information content (AvgIpc) is 3.18. The Balaban J connectivity index is 1.39. The van der Waals surface area contributed by atoms with E-state index in [0.29, 0.717) is 48.5 Å². The Morgan fingerprint density at radius 3 is 2.25 bits per heavy atom. The second-order valence-electron chi connectivity index (χ2n) is 12.7. The van der Waals surface area contributed by atoms with Crippen LogP contribution in [0.5, 0.6) is 0 Å². The number of azide groups is 1. The van der Waals surface area contributed by atoms with Crippen molar-refractivity contribution in [2.45, 2.75) is 50.0 Å². The second kappa shape index (κ2) is 18.0. The zero-order chi connectivity index (χ0) is 36.1. The molecular weight excluding hydrogens is 648 g/mol. The number of nitrogens with zero attached hydrogens (tertiary/aromatic N) is 7. The highest BCUT2D eigenvalue weighted by molar-refractivity contribution is 5.94. The molecule has 2 amide bonds. The number of carbonyl (C=O) groups excluding carboxylic acids is 2. The van der Waals surface area contributed by atoms with Crippen LogP contribution in [-0.2, 0) is 19.7 Å². The van der Waals surface area contributed by atoms with Crippen LogP contribution in [0.25, 0.3) is 10.4 Å². The number of hydrogen-bond donors (Lipinski definition) is 1. The number of nitro benzene ring substituents is 1. The van der Waals surface area contributed by atoms with Gasteiger partial charge in [0, 0.05) is 41.3 Å². The summed E-state index contributed by atoms with van der Waals surface area (Å²) < 4.78 is 5.86. The topological polar surface area (TPSA) is 166 Å². The van der Waals surface area contributed by atoms with Gasteiger partial charge in [0.2, 0.25) is 12.8 Å². The molecule has 3 aromatic carbocycles. The molecule has 1 N–H and O–H groups in total. The summed E-state index contributed by atoms with van der Waals surface area (Å²) >= 11 is 0. The van der Waals surface area contributed by atoms with Crippen molar-refractivity contribution in [3.8, 4) is 0 Å². The first kappa shape index (κ1) is 36.9. The molecule has 5 rings (SSSR count). The van der Waals surface area contributed by atoms with Crippen molar-refractivity contribution in [1.82, 2.24) is 15.1 Å². The van der Waals surface area contributed by atoms with Gasteiger partial charge in [0.15, 0.2) is 0 Å². The van der Waals surface area contributed by atoms with Gasteiger partial charge in [-0.3, -0.25) is 24.7 Å². The number of benzene rings is 3. The summed E-state index contributed by atoms with van der Waals surface area (Å²) in [4.78, 5) is 47.6. The van der Waals surface area contributed by atoms with E-state index in [4.69, 9.17) is 15.3 Å². The predicted molar refractivity (Wildman–Crippen MR) is 195 cm³/mol. The third-order valence-corrected chi connectivity index (χ3v) is 9.94. The Hall–Kier alpha value is -5.36. The van der Waals surface area contributed by atoms with E-state index in [-0.39, 0.29) is 30.9 Å². The highest BCUT2D eigenvalue weighted by atomic mass is 16.6. The van der Waals surface area contributed by atoms with Crippen molar-refractivity contribution in [3.63, 3.8) is 0 Å². The van der Waals surface area contributed by atoms with Crippen molar-refractivity contribution >= 4 is 24.2 Å². The first-order chi connectivity index (χ1) is 24.9. The molecule has 3 aromatic rings. The predicted octanol–water partition coefficient (Wildman–Crippen LogP) is 6.13. The maximum atomic E-state index is 12.9. The number of likely N-dealkylation sites (tertiary alicyclic amines) is 1. The van der Waals surface area contributed by atoms with E-state index in [2.05, 4.69) is 80.9 Å². The fourth-order valence-corrected chi connectivity index (χ4v) is 7.43. The van der Waals surface area contributed by atoms with E-state index >= 15 is 0 Å². The highest BCUT2D eigenvalue weighted by Gasteiger charge is 2.39. The Morgan fingerprint density at radius 1 is 1.06 bits per heavy atom. The van der Waals surface area contributed by atoms with Crippen LogP contribution in [0.15, 0.2) is 106 Å². The minimum absolute atomic E-state index is 0.0363. The number of ether oxygens (including phenoxy) is 1. The van der Waals surface area contributed by atoms with Crippen LogP contribution in [-0.4, -0.2) is 85.2 Å². The second-order valence-corrected chi connectivity index (χ2v) is 12.7. The maximum Gasteiger partial charge on any atom is 0.269 e. The minimum Gasteiger partial charge on any atom is -0.375 e. The van der Waals surface area contributed by atoms with Gasteiger partial charge < -0.3 is 19.9 Å². The molecule has 13 nitrogen and oxygen atoms in total. The number of carbonyl (C=O) groups is 2. The number of piperidine rings is 1. The quantitative estimate of drug-likeness (QED) is 0.0320. The summed E-state index contributed by atoms with van der Waals surface area (Å²) in [5.41, 5.74) is 13.6. The van der Waals surface area contributed by atoms with Crippen LogP contribution in [0.2, 0.25) is 0 Å². The Labute approximate surface area is 297 Å². The summed E-state index contributed by atoms with van der Waals surface area (Å²) in [7, 11) is 0. The first-order valence-corrected chi connectivity index (χ1v) is 17.3. The molecule has 2 aliphatic heterocycles. The number of nitrogens with one attached hydrogen (secondary N) is 1. The molecule has 13 heteroatoms. The monoisotopic (exact) mass is 692 g/mol. The Bertz CT molecular complexity index is 1690. The molecule has 51 heavy (non-hydrogen) atoms. The highest BCUT2D eigenvalue weighted by Crippen LogP contribution is 2.42. The van der Waals surface area contributed by atoms with Crippen molar-refractivity contribution in [2.75, 3.05) is 45.9 Å². The summed E-state index contributed by atoms with van der Waals surface area (Å²) in [6.07, 6.45) is 4.52. The summed E-state index contributed by atoms with van der Waals surface area (Å²) in [6.45, 7) is 5.21. The van der Waals surface area contributed by atoms with E-state index in [1.165, 1.54) is 23.3 Å². The number of nitro groups is 1. The van der Waals surface area contributed by atoms with Gasteiger partial charge in [-0.05, 0) is 67.5 Å². The number of hydrogen-bond acceptors (Lipinski definition) is 8. The lowest BCUT2D eigenvalue weighted by atomic mass is 9.68. The average molecular weight is 693 g/mol. The molecular formula is C38H44N8O5. The van der Waals surface area contributed by atoms with Gasteiger partial charge in [-0.2, -0.15) is 0 Å². The zero-order valence-corrected chi connectivity index (χ0v) is 28.8. The third-order valence-electron chi connectivity index (χ3n) is 9.94. The normalized spacial score (nSPS) is 18.6. The van der Waals surface area contributed by atoms with Gasteiger partial charge in [-0.15, -0.1) is 0 Å². The molecule has 2 aliphatic rings. The van der Waals surface area contributed by atoms with Crippen LogP contribution in [0.4, 0.5) is 5.69 Å². The summed E-state index contributed by atoms with van der Waals surface area (Å²) in [5, 5.41) is 17.9. The molecule has 1 fully saturated rings. The molecule has 2 atom stereocenters.